The summed E-state index contributed by atoms with van der Waals surface area (Å²) in [6, 6.07) is 0.249. The summed E-state index contributed by atoms with van der Waals surface area (Å²) >= 11 is 0. The largest absolute Gasteiger partial charge is 0.310 e. The Bertz CT molecular complexity index is 201. The van der Waals surface area contributed by atoms with Crippen molar-refractivity contribution >= 4 is 5.78 Å². The lowest BCUT2D eigenvalue weighted by Gasteiger charge is -2.43. The minimum atomic E-state index is 0.0172. The van der Waals surface area contributed by atoms with Gasteiger partial charge in [0.15, 0.2) is 0 Å². The van der Waals surface area contributed by atoms with Gasteiger partial charge in [0.2, 0.25) is 0 Å². The van der Waals surface area contributed by atoms with Gasteiger partial charge in [0.25, 0.3) is 0 Å². The number of ketones is 1. The lowest BCUT2D eigenvalue weighted by atomic mass is 9.82. The molecule has 0 saturated carbocycles. The van der Waals surface area contributed by atoms with Crippen LogP contribution in [0.1, 0.15) is 27.7 Å². The van der Waals surface area contributed by atoms with Crippen molar-refractivity contribution in [3.63, 3.8) is 0 Å². The molecule has 1 rings (SSSR count). The predicted molar refractivity (Wildman–Crippen MR) is 53.7 cm³/mol. The summed E-state index contributed by atoms with van der Waals surface area (Å²) < 4.78 is 0. The first-order chi connectivity index (χ1) is 5.95. The number of Topliss-reactive ketones (excluding diaryl/α,β-unsaturated/α-hetero) is 1. The number of hydrogen-bond donors (Lipinski definition) is 2. The zero-order chi connectivity index (χ0) is 10.1. The summed E-state index contributed by atoms with van der Waals surface area (Å²) in [5, 5.41) is 6.84. The highest BCUT2D eigenvalue weighted by Gasteiger charge is 2.36. The van der Waals surface area contributed by atoms with Crippen molar-refractivity contribution in [2.75, 3.05) is 13.1 Å². The summed E-state index contributed by atoms with van der Waals surface area (Å²) in [5.74, 6) is 0.345. The van der Waals surface area contributed by atoms with Crippen molar-refractivity contribution in [1.29, 1.82) is 0 Å². The molecule has 0 amide bonds. The quantitative estimate of drug-likeness (QED) is 0.658. The van der Waals surface area contributed by atoms with E-state index in [0.717, 1.165) is 13.1 Å². The number of rotatable bonds is 2. The normalized spacial score (nSPS) is 29.7. The van der Waals surface area contributed by atoms with E-state index in [1.165, 1.54) is 0 Å². The molecule has 0 aromatic carbocycles. The fourth-order valence-corrected chi connectivity index (χ4v) is 2.01. The van der Waals surface area contributed by atoms with Crippen molar-refractivity contribution in [2.45, 2.75) is 39.3 Å². The molecule has 0 radical (unpaired) electrons. The van der Waals surface area contributed by atoms with Gasteiger partial charge in [0, 0.05) is 30.6 Å². The van der Waals surface area contributed by atoms with Crippen LogP contribution in [-0.2, 0) is 4.79 Å². The molecular formula is C10H20N2O. The third kappa shape index (κ3) is 2.29. The molecule has 1 saturated heterocycles. The Balaban J connectivity index is 2.70. The number of carbonyl (C=O) groups excluding carboxylic acids is 1. The number of hydrogen-bond acceptors (Lipinski definition) is 3. The van der Waals surface area contributed by atoms with E-state index < -0.39 is 0 Å². The lowest BCUT2D eigenvalue weighted by Crippen LogP contribution is -2.65. The summed E-state index contributed by atoms with van der Waals surface area (Å²) in [6.45, 7) is 9.87. The Morgan fingerprint density at radius 2 is 2.08 bits per heavy atom. The van der Waals surface area contributed by atoms with Gasteiger partial charge in [-0.1, -0.05) is 6.92 Å². The Kier molecular flexibility index (Phi) is 3.09. The first-order valence-electron chi connectivity index (χ1n) is 4.94. The van der Waals surface area contributed by atoms with Crippen LogP contribution < -0.4 is 10.6 Å². The Morgan fingerprint density at radius 1 is 1.46 bits per heavy atom. The molecule has 3 nitrogen and oxygen atoms in total. The molecule has 1 heterocycles. The van der Waals surface area contributed by atoms with Crippen LogP contribution in [0.2, 0.25) is 0 Å². The molecule has 0 aromatic rings. The van der Waals surface area contributed by atoms with Crippen LogP contribution in [0, 0.1) is 5.92 Å². The smallest absolute Gasteiger partial charge is 0.134 e. The maximum absolute atomic E-state index is 11.3. The van der Waals surface area contributed by atoms with Crippen LogP contribution in [0.25, 0.3) is 0 Å². The first-order valence-corrected chi connectivity index (χ1v) is 4.94. The van der Waals surface area contributed by atoms with Crippen molar-refractivity contribution in [2.24, 2.45) is 5.92 Å². The van der Waals surface area contributed by atoms with Crippen molar-refractivity contribution in [3.8, 4) is 0 Å². The Morgan fingerprint density at radius 3 is 2.54 bits per heavy atom. The molecule has 13 heavy (non-hydrogen) atoms. The van der Waals surface area contributed by atoms with Gasteiger partial charge in [-0.3, -0.25) is 4.79 Å². The van der Waals surface area contributed by atoms with Gasteiger partial charge in [-0.25, -0.2) is 0 Å². The highest BCUT2D eigenvalue weighted by molar-refractivity contribution is 5.78. The van der Waals surface area contributed by atoms with E-state index in [1.807, 2.05) is 6.92 Å². The van der Waals surface area contributed by atoms with E-state index in [9.17, 15) is 4.79 Å². The van der Waals surface area contributed by atoms with Gasteiger partial charge in [0.1, 0.15) is 5.78 Å². The van der Waals surface area contributed by atoms with E-state index in [-0.39, 0.29) is 23.3 Å². The van der Waals surface area contributed by atoms with Crippen molar-refractivity contribution in [1.82, 2.24) is 10.6 Å². The third-order valence-electron chi connectivity index (χ3n) is 2.99. The molecule has 0 aromatic heterocycles. The molecule has 0 aliphatic carbocycles. The highest BCUT2D eigenvalue weighted by Crippen LogP contribution is 2.19. The lowest BCUT2D eigenvalue weighted by molar-refractivity contribution is -0.122. The van der Waals surface area contributed by atoms with Gasteiger partial charge < -0.3 is 10.6 Å². The van der Waals surface area contributed by atoms with Crippen LogP contribution in [0.15, 0.2) is 0 Å². The SMILES string of the molecule is CC(=O)C(C)C1NCCNC1(C)C. The fourth-order valence-electron chi connectivity index (χ4n) is 2.01. The van der Waals surface area contributed by atoms with Gasteiger partial charge in [-0.2, -0.15) is 0 Å². The number of nitrogens with one attached hydrogen (secondary N) is 2. The Hall–Kier alpha value is -0.410. The van der Waals surface area contributed by atoms with E-state index in [2.05, 4.69) is 24.5 Å². The van der Waals surface area contributed by atoms with Gasteiger partial charge >= 0.3 is 0 Å². The Labute approximate surface area is 80.3 Å². The average Bonchev–Trinajstić information content (AvgIpc) is 2.02. The fraction of sp³-hybridized carbons (Fsp3) is 0.900. The monoisotopic (exact) mass is 184 g/mol. The van der Waals surface area contributed by atoms with Gasteiger partial charge in [-0.15, -0.1) is 0 Å². The molecule has 2 unspecified atom stereocenters. The third-order valence-corrected chi connectivity index (χ3v) is 2.99. The average molecular weight is 184 g/mol. The van der Waals surface area contributed by atoms with E-state index in [1.54, 1.807) is 6.92 Å². The molecule has 76 valence electrons. The van der Waals surface area contributed by atoms with E-state index >= 15 is 0 Å². The maximum Gasteiger partial charge on any atom is 0.134 e. The second kappa shape index (κ2) is 3.76. The summed E-state index contributed by atoms with van der Waals surface area (Å²) in [5.41, 5.74) is 0.0172. The summed E-state index contributed by atoms with van der Waals surface area (Å²) in [4.78, 5) is 11.3. The van der Waals surface area contributed by atoms with Gasteiger partial charge in [-0.05, 0) is 20.8 Å². The van der Waals surface area contributed by atoms with Crippen molar-refractivity contribution in [3.05, 3.63) is 0 Å². The molecule has 1 fully saturated rings. The zero-order valence-corrected chi connectivity index (χ0v) is 8.98. The van der Waals surface area contributed by atoms with Crippen LogP contribution in [0.5, 0.6) is 0 Å². The van der Waals surface area contributed by atoms with Crippen LogP contribution in [-0.4, -0.2) is 30.5 Å². The molecule has 2 N–H and O–H groups in total. The van der Waals surface area contributed by atoms with E-state index in [0.29, 0.717) is 0 Å². The summed E-state index contributed by atoms with van der Waals surface area (Å²) in [7, 11) is 0. The zero-order valence-electron chi connectivity index (χ0n) is 8.98. The highest BCUT2D eigenvalue weighted by atomic mass is 16.1. The predicted octanol–water partition coefficient (Wildman–Crippen LogP) is 0.551. The standard InChI is InChI=1S/C10H20N2O/c1-7(8(2)13)9-10(3,4)12-6-5-11-9/h7,9,11-12H,5-6H2,1-4H3. The molecule has 1 aliphatic heterocycles. The molecule has 3 heteroatoms. The van der Waals surface area contributed by atoms with Gasteiger partial charge in [0.05, 0.1) is 0 Å². The minimum absolute atomic E-state index is 0.0172. The van der Waals surface area contributed by atoms with Crippen LogP contribution >= 0.6 is 0 Å². The first kappa shape index (κ1) is 10.7. The van der Waals surface area contributed by atoms with Crippen molar-refractivity contribution < 1.29 is 4.79 Å². The second-order valence-corrected chi connectivity index (χ2v) is 4.48. The molecule has 0 spiro atoms. The van der Waals surface area contributed by atoms with Crippen LogP contribution in [0.3, 0.4) is 0 Å². The number of piperazine rings is 1. The molecule has 1 aliphatic rings. The summed E-state index contributed by atoms with van der Waals surface area (Å²) in [6.07, 6.45) is 0. The van der Waals surface area contributed by atoms with Crippen LogP contribution in [0.4, 0.5) is 0 Å². The second-order valence-electron chi connectivity index (χ2n) is 4.48. The number of carbonyl (C=O) groups is 1. The molecule has 2 atom stereocenters. The molecule has 0 bridgehead atoms. The minimum Gasteiger partial charge on any atom is -0.310 e. The maximum atomic E-state index is 11.3. The molecular weight excluding hydrogens is 164 g/mol. The topological polar surface area (TPSA) is 41.1 Å². The van der Waals surface area contributed by atoms with E-state index in [4.69, 9.17) is 0 Å².